The van der Waals surface area contributed by atoms with Gasteiger partial charge in [0.05, 0.1) is 11.1 Å². The molecule has 1 aromatic carbocycles. The molecule has 0 saturated heterocycles. The van der Waals surface area contributed by atoms with Crippen LogP contribution in [0.15, 0.2) is 30.3 Å². The fraction of sp³-hybridized carbons (Fsp3) is 0.522. The topological polar surface area (TPSA) is 46.1 Å². The number of halogens is 3. The summed E-state index contributed by atoms with van der Waals surface area (Å²) >= 11 is 0. The number of hydrogen-bond acceptors (Lipinski definition) is 2. The van der Waals surface area contributed by atoms with Crippen LogP contribution in [-0.4, -0.2) is 23.6 Å². The van der Waals surface area contributed by atoms with E-state index < -0.39 is 17.6 Å². The second-order valence-corrected chi connectivity index (χ2v) is 8.65. The van der Waals surface area contributed by atoms with Crippen LogP contribution in [0.2, 0.25) is 0 Å². The monoisotopic (exact) mass is 423 g/mol. The SMILES string of the molecule is CCC(CCn1c(C(C)(C)C)cc(C(=O)Nc2cccc(C(F)(F)F)c2)c1C)NC. The number of nitrogens with one attached hydrogen (secondary N) is 2. The minimum Gasteiger partial charge on any atom is -0.347 e. The van der Waals surface area contributed by atoms with Crippen molar-refractivity contribution in [2.75, 3.05) is 12.4 Å². The first kappa shape index (κ1) is 24.0. The maximum absolute atomic E-state index is 13.0. The van der Waals surface area contributed by atoms with Crippen LogP contribution in [0.25, 0.3) is 0 Å². The van der Waals surface area contributed by atoms with E-state index in [2.05, 4.69) is 42.9 Å². The Bertz CT molecular complexity index is 875. The lowest BCUT2D eigenvalue weighted by Gasteiger charge is -2.24. The predicted octanol–water partition coefficient (Wildman–Crippen LogP) is 5.75. The van der Waals surface area contributed by atoms with Crippen molar-refractivity contribution >= 4 is 11.6 Å². The van der Waals surface area contributed by atoms with Crippen molar-refractivity contribution < 1.29 is 18.0 Å². The molecule has 1 atom stereocenters. The summed E-state index contributed by atoms with van der Waals surface area (Å²) in [7, 11) is 1.94. The van der Waals surface area contributed by atoms with E-state index in [-0.39, 0.29) is 11.1 Å². The third kappa shape index (κ3) is 5.65. The van der Waals surface area contributed by atoms with Gasteiger partial charge in [0.2, 0.25) is 0 Å². The fourth-order valence-electron chi connectivity index (χ4n) is 3.59. The highest BCUT2D eigenvalue weighted by atomic mass is 19.4. The van der Waals surface area contributed by atoms with Crippen LogP contribution in [0.1, 0.15) is 67.8 Å². The molecule has 4 nitrogen and oxygen atoms in total. The number of carbonyl (C=O) groups is 1. The van der Waals surface area contributed by atoms with Gasteiger partial charge in [0.25, 0.3) is 5.91 Å². The molecule has 0 fully saturated rings. The van der Waals surface area contributed by atoms with E-state index in [1.54, 1.807) is 0 Å². The van der Waals surface area contributed by atoms with Crippen LogP contribution in [0.4, 0.5) is 18.9 Å². The molecule has 2 rings (SSSR count). The Balaban J connectivity index is 2.34. The molecular formula is C23H32F3N3O. The maximum atomic E-state index is 13.0. The van der Waals surface area contributed by atoms with Gasteiger partial charge in [-0.1, -0.05) is 33.8 Å². The Morgan fingerprint density at radius 1 is 1.17 bits per heavy atom. The van der Waals surface area contributed by atoms with Crippen molar-refractivity contribution in [2.24, 2.45) is 0 Å². The molecule has 0 spiro atoms. The van der Waals surface area contributed by atoms with E-state index in [4.69, 9.17) is 0 Å². The van der Waals surface area contributed by atoms with Crippen LogP contribution >= 0.6 is 0 Å². The van der Waals surface area contributed by atoms with Crippen molar-refractivity contribution in [3.63, 3.8) is 0 Å². The van der Waals surface area contributed by atoms with Gasteiger partial charge in [0.1, 0.15) is 0 Å². The molecule has 166 valence electrons. The summed E-state index contributed by atoms with van der Waals surface area (Å²) in [5, 5.41) is 5.92. The standard InChI is InChI=1S/C23H32F3N3O/c1-7-17(27-6)11-12-29-15(2)19(14-20(29)22(3,4)5)21(30)28-18-10-8-9-16(13-18)23(24,25)26/h8-10,13-14,17,27H,7,11-12H2,1-6H3,(H,28,30). The quantitative estimate of drug-likeness (QED) is 0.595. The van der Waals surface area contributed by atoms with E-state index in [0.717, 1.165) is 42.9 Å². The van der Waals surface area contributed by atoms with Gasteiger partial charge in [-0.25, -0.2) is 0 Å². The first-order valence-corrected chi connectivity index (χ1v) is 10.2. The number of rotatable bonds is 7. The van der Waals surface area contributed by atoms with Gasteiger partial charge >= 0.3 is 6.18 Å². The second kappa shape index (κ2) is 9.25. The Morgan fingerprint density at radius 2 is 1.83 bits per heavy atom. The first-order valence-electron chi connectivity index (χ1n) is 10.2. The first-order chi connectivity index (χ1) is 13.9. The Kier molecular flexibility index (Phi) is 7.40. The Hall–Kier alpha value is -2.28. The zero-order valence-electron chi connectivity index (χ0n) is 18.6. The lowest BCUT2D eigenvalue weighted by atomic mass is 9.91. The number of hydrogen-bond donors (Lipinski definition) is 2. The molecule has 30 heavy (non-hydrogen) atoms. The van der Waals surface area contributed by atoms with Gasteiger partial charge in [-0.05, 0) is 51.1 Å². The summed E-state index contributed by atoms with van der Waals surface area (Å²) in [6.45, 7) is 11.0. The molecule has 1 amide bonds. The fourth-order valence-corrected chi connectivity index (χ4v) is 3.59. The number of benzene rings is 1. The minimum atomic E-state index is -4.46. The predicted molar refractivity (Wildman–Crippen MR) is 115 cm³/mol. The number of nitrogens with zero attached hydrogens (tertiary/aromatic N) is 1. The molecule has 1 unspecified atom stereocenters. The molecular weight excluding hydrogens is 391 g/mol. The highest BCUT2D eigenvalue weighted by molar-refractivity contribution is 6.05. The lowest BCUT2D eigenvalue weighted by molar-refractivity contribution is -0.137. The summed E-state index contributed by atoms with van der Waals surface area (Å²) in [6.07, 6.45) is -2.53. The molecule has 0 saturated carbocycles. The van der Waals surface area contributed by atoms with Crippen LogP contribution in [0.5, 0.6) is 0 Å². The van der Waals surface area contributed by atoms with E-state index >= 15 is 0 Å². The number of alkyl halides is 3. The number of anilines is 1. The van der Waals surface area contributed by atoms with Crippen molar-refractivity contribution in [1.82, 2.24) is 9.88 Å². The van der Waals surface area contributed by atoms with Crippen molar-refractivity contribution in [1.29, 1.82) is 0 Å². The van der Waals surface area contributed by atoms with E-state index in [9.17, 15) is 18.0 Å². The summed E-state index contributed by atoms with van der Waals surface area (Å²) < 4.78 is 41.1. The van der Waals surface area contributed by atoms with Crippen LogP contribution in [0.3, 0.4) is 0 Å². The van der Waals surface area contributed by atoms with Crippen LogP contribution in [-0.2, 0) is 18.1 Å². The van der Waals surface area contributed by atoms with Crippen LogP contribution < -0.4 is 10.6 Å². The highest BCUT2D eigenvalue weighted by Gasteiger charge is 2.31. The molecule has 7 heteroatoms. The molecule has 2 aromatic rings. The Labute approximate surface area is 176 Å². The summed E-state index contributed by atoms with van der Waals surface area (Å²) in [4.78, 5) is 12.9. The normalized spacial score (nSPS) is 13.4. The molecule has 2 N–H and O–H groups in total. The van der Waals surface area contributed by atoms with Crippen LogP contribution in [0, 0.1) is 6.92 Å². The molecule has 1 aromatic heterocycles. The van der Waals surface area contributed by atoms with Crippen molar-refractivity contribution in [2.45, 2.75) is 71.6 Å². The third-order valence-electron chi connectivity index (χ3n) is 5.43. The van der Waals surface area contributed by atoms with Gasteiger partial charge in [-0.3, -0.25) is 4.79 Å². The zero-order valence-corrected chi connectivity index (χ0v) is 18.6. The maximum Gasteiger partial charge on any atom is 0.416 e. The van der Waals surface area contributed by atoms with Gasteiger partial charge in [0, 0.05) is 35.1 Å². The highest BCUT2D eigenvalue weighted by Crippen LogP contribution is 2.32. The summed E-state index contributed by atoms with van der Waals surface area (Å²) in [5.41, 5.74) is 1.48. The molecule has 0 aliphatic carbocycles. The number of amides is 1. The van der Waals surface area contributed by atoms with Gasteiger partial charge in [0.15, 0.2) is 0 Å². The minimum absolute atomic E-state index is 0.125. The van der Waals surface area contributed by atoms with E-state index in [0.29, 0.717) is 11.6 Å². The van der Waals surface area contributed by atoms with Crippen molar-refractivity contribution in [3.8, 4) is 0 Å². The average Bonchev–Trinajstić information content (AvgIpc) is 2.99. The summed E-state index contributed by atoms with van der Waals surface area (Å²) in [6, 6.07) is 6.93. The molecule has 0 aliphatic heterocycles. The molecule has 0 bridgehead atoms. The largest absolute Gasteiger partial charge is 0.416 e. The third-order valence-corrected chi connectivity index (χ3v) is 5.43. The van der Waals surface area contributed by atoms with E-state index in [1.165, 1.54) is 12.1 Å². The molecule has 1 heterocycles. The number of carbonyl (C=O) groups excluding carboxylic acids is 1. The van der Waals surface area contributed by atoms with Gasteiger partial charge < -0.3 is 15.2 Å². The molecule has 0 aliphatic rings. The second-order valence-electron chi connectivity index (χ2n) is 8.65. The van der Waals surface area contributed by atoms with E-state index in [1.807, 2.05) is 20.0 Å². The molecule has 0 radical (unpaired) electrons. The summed E-state index contributed by atoms with van der Waals surface area (Å²) in [5.74, 6) is -0.406. The smallest absolute Gasteiger partial charge is 0.347 e. The zero-order chi connectivity index (χ0) is 22.7. The lowest BCUT2D eigenvalue weighted by Crippen LogP contribution is -2.27. The van der Waals surface area contributed by atoms with Crippen molar-refractivity contribution in [3.05, 3.63) is 52.8 Å². The Morgan fingerprint density at radius 3 is 2.37 bits per heavy atom. The number of aromatic nitrogens is 1. The van der Waals surface area contributed by atoms with Gasteiger partial charge in [-0.15, -0.1) is 0 Å². The average molecular weight is 424 g/mol. The van der Waals surface area contributed by atoms with Gasteiger partial charge in [-0.2, -0.15) is 13.2 Å².